The summed E-state index contributed by atoms with van der Waals surface area (Å²) in [4.78, 5) is 14.2. The van der Waals surface area contributed by atoms with Gasteiger partial charge in [-0.2, -0.15) is 4.98 Å². The van der Waals surface area contributed by atoms with Crippen LogP contribution in [0, 0.1) is 20.8 Å². The average Bonchev–Trinajstić information content (AvgIpc) is 3.03. The number of guanidine groups is 1. The van der Waals surface area contributed by atoms with Gasteiger partial charge < -0.3 is 15.2 Å². The molecule has 120 valence electrons. The summed E-state index contributed by atoms with van der Waals surface area (Å²) in [7, 11) is 1.75. The van der Waals surface area contributed by atoms with Crippen molar-refractivity contribution >= 4 is 17.3 Å². The van der Waals surface area contributed by atoms with Gasteiger partial charge in [-0.15, -0.1) is 11.3 Å². The van der Waals surface area contributed by atoms with Crippen LogP contribution < -0.4 is 10.6 Å². The lowest BCUT2D eigenvalue weighted by Crippen LogP contribution is -2.39. The van der Waals surface area contributed by atoms with E-state index in [0.717, 1.165) is 29.6 Å². The van der Waals surface area contributed by atoms with E-state index in [4.69, 9.17) is 4.52 Å². The van der Waals surface area contributed by atoms with Crippen LogP contribution >= 0.6 is 11.3 Å². The first-order valence-electron chi connectivity index (χ1n) is 7.25. The molecule has 0 saturated heterocycles. The molecule has 0 spiro atoms. The fourth-order valence-corrected chi connectivity index (χ4v) is 2.82. The van der Waals surface area contributed by atoms with Gasteiger partial charge in [0.2, 0.25) is 5.89 Å². The minimum Gasteiger partial charge on any atom is -0.356 e. The second-order valence-electron chi connectivity index (χ2n) is 4.91. The molecule has 0 aliphatic rings. The molecule has 0 bridgehead atoms. The van der Waals surface area contributed by atoms with Crippen LogP contribution in [0.4, 0.5) is 0 Å². The molecule has 7 nitrogen and oxygen atoms in total. The van der Waals surface area contributed by atoms with Crippen molar-refractivity contribution in [1.82, 2.24) is 25.8 Å². The summed E-state index contributed by atoms with van der Waals surface area (Å²) in [5, 5.41) is 11.4. The second kappa shape index (κ2) is 7.88. The zero-order valence-corrected chi connectivity index (χ0v) is 14.3. The van der Waals surface area contributed by atoms with E-state index in [1.807, 2.05) is 13.8 Å². The molecule has 0 saturated carbocycles. The summed E-state index contributed by atoms with van der Waals surface area (Å²) in [6.45, 7) is 7.44. The van der Waals surface area contributed by atoms with Crippen LogP contribution in [0.5, 0.6) is 0 Å². The Morgan fingerprint density at radius 2 is 1.86 bits per heavy atom. The van der Waals surface area contributed by atoms with E-state index < -0.39 is 0 Å². The molecule has 22 heavy (non-hydrogen) atoms. The van der Waals surface area contributed by atoms with Crippen LogP contribution in [-0.2, 0) is 12.8 Å². The SMILES string of the molecule is CN=C(NCCc1nc(C)no1)NCCc1nc(C)c(C)s1. The van der Waals surface area contributed by atoms with Crippen LogP contribution in [0.2, 0.25) is 0 Å². The molecule has 2 heterocycles. The summed E-state index contributed by atoms with van der Waals surface area (Å²) >= 11 is 1.75. The topological polar surface area (TPSA) is 88.2 Å². The largest absolute Gasteiger partial charge is 0.356 e. The first-order chi connectivity index (χ1) is 10.6. The van der Waals surface area contributed by atoms with E-state index in [2.05, 4.69) is 37.7 Å². The Hall–Kier alpha value is -1.96. The van der Waals surface area contributed by atoms with Gasteiger partial charge in [0, 0.05) is 37.9 Å². The van der Waals surface area contributed by atoms with Crippen LogP contribution in [0.3, 0.4) is 0 Å². The minimum atomic E-state index is 0.634. The van der Waals surface area contributed by atoms with Crippen LogP contribution in [-0.4, -0.2) is 41.2 Å². The predicted octanol–water partition coefficient (Wildman–Crippen LogP) is 1.40. The van der Waals surface area contributed by atoms with Crippen LogP contribution in [0.1, 0.15) is 27.3 Å². The van der Waals surface area contributed by atoms with Gasteiger partial charge in [0.15, 0.2) is 11.8 Å². The lowest BCUT2D eigenvalue weighted by molar-refractivity contribution is 0.374. The highest BCUT2D eigenvalue weighted by atomic mass is 32.1. The third-order valence-corrected chi connectivity index (χ3v) is 4.26. The number of thiazole rings is 1. The Morgan fingerprint density at radius 3 is 2.41 bits per heavy atom. The number of hydrogen-bond donors (Lipinski definition) is 2. The molecule has 0 amide bonds. The number of rotatable bonds is 6. The quantitative estimate of drug-likeness (QED) is 0.617. The van der Waals surface area contributed by atoms with Crippen molar-refractivity contribution < 1.29 is 4.52 Å². The van der Waals surface area contributed by atoms with Gasteiger partial charge in [0.1, 0.15) is 0 Å². The van der Waals surface area contributed by atoms with Gasteiger partial charge in [0.05, 0.1) is 10.7 Å². The van der Waals surface area contributed by atoms with Crippen molar-refractivity contribution in [2.45, 2.75) is 33.6 Å². The molecule has 8 heteroatoms. The number of aromatic nitrogens is 3. The van der Waals surface area contributed by atoms with E-state index in [-0.39, 0.29) is 0 Å². The van der Waals surface area contributed by atoms with Crippen molar-refractivity contribution in [2.75, 3.05) is 20.1 Å². The van der Waals surface area contributed by atoms with Gasteiger partial charge in [-0.25, -0.2) is 4.98 Å². The molecule has 0 aliphatic heterocycles. The van der Waals surface area contributed by atoms with Gasteiger partial charge in [0.25, 0.3) is 0 Å². The Morgan fingerprint density at radius 1 is 1.14 bits per heavy atom. The third kappa shape index (κ3) is 4.80. The van der Waals surface area contributed by atoms with Gasteiger partial charge >= 0.3 is 0 Å². The molecular formula is C14H22N6OS. The Balaban J connectivity index is 1.68. The number of hydrogen-bond acceptors (Lipinski definition) is 6. The monoisotopic (exact) mass is 322 g/mol. The molecule has 2 aromatic heterocycles. The van der Waals surface area contributed by atoms with Crippen molar-refractivity contribution in [3.8, 4) is 0 Å². The molecule has 2 N–H and O–H groups in total. The van der Waals surface area contributed by atoms with Crippen molar-refractivity contribution in [3.63, 3.8) is 0 Å². The van der Waals surface area contributed by atoms with E-state index in [0.29, 0.717) is 24.7 Å². The maximum absolute atomic E-state index is 5.06. The number of aryl methyl sites for hydroxylation is 3. The van der Waals surface area contributed by atoms with E-state index >= 15 is 0 Å². The third-order valence-electron chi connectivity index (χ3n) is 3.13. The predicted molar refractivity (Wildman–Crippen MR) is 87.4 cm³/mol. The van der Waals surface area contributed by atoms with Crippen molar-refractivity contribution in [2.24, 2.45) is 4.99 Å². The fourth-order valence-electron chi connectivity index (χ4n) is 1.88. The number of aliphatic imine (C=N–C) groups is 1. The normalized spacial score (nSPS) is 11.7. The van der Waals surface area contributed by atoms with E-state index in [1.54, 1.807) is 18.4 Å². The summed E-state index contributed by atoms with van der Waals surface area (Å²) in [6.07, 6.45) is 1.56. The van der Waals surface area contributed by atoms with Crippen LogP contribution in [0.25, 0.3) is 0 Å². The first kappa shape index (κ1) is 16.4. The first-order valence-corrected chi connectivity index (χ1v) is 8.06. The molecule has 0 radical (unpaired) electrons. The molecule has 2 rings (SSSR count). The Bertz CT molecular complexity index is 614. The van der Waals surface area contributed by atoms with E-state index in [9.17, 15) is 0 Å². The maximum atomic E-state index is 5.06. The highest BCUT2D eigenvalue weighted by molar-refractivity contribution is 7.11. The number of nitrogens with zero attached hydrogens (tertiary/aromatic N) is 4. The van der Waals surface area contributed by atoms with E-state index in [1.165, 1.54) is 4.88 Å². The standard InChI is InChI=1S/C14H22N6OS/c1-9-10(2)22-13(18-9)6-8-17-14(15-4)16-7-5-12-19-11(3)20-21-12/h5-8H2,1-4H3,(H2,15,16,17). The van der Waals surface area contributed by atoms with Gasteiger partial charge in [-0.3, -0.25) is 4.99 Å². The highest BCUT2D eigenvalue weighted by Crippen LogP contribution is 2.16. The molecule has 0 atom stereocenters. The maximum Gasteiger partial charge on any atom is 0.228 e. The van der Waals surface area contributed by atoms with Crippen LogP contribution in [0.15, 0.2) is 9.52 Å². The zero-order valence-electron chi connectivity index (χ0n) is 13.4. The summed E-state index contributed by atoms with van der Waals surface area (Å²) in [5.41, 5.74) is 1.12. The van der Waals surface area contributed by atoms with Crippen molar-refractivity contribution in [3.05, 3.63) is 27.3 Å². The lowest BCUT2D eigenvalue weighted by atomic mass is 10.4. The highest BCUT2D eigenvalue weighted by Gasteiger charge is 2.05. The Labute approximate surface area is 134 Å². The average molecular weight is 322 g/mol. The molecular weight excluding hydrogens is 300 g/mol. The molecule has 0 aromatic carbocycles. The summed E-state index contributed by atoms with van der Waals surface area (Å²) in [6, 6.07) is 0. The number of nitrogens with one attached hydrogen (secondary N) is 2. The molecule has 2 aromatic rings. The smallest absolute Gasteiger partial charge is 0.228 e. The van der Waals surface area contributed by atoms with Crippen molar-refractivity contribution in [1.29, 1.82) is 0 Å². The second-order valence-corrected chi connectivity index (χ2v) is 6.20. The molecule has 0 unspecified atom stereocenters. The van der Waals surface area contributed by atoms with Gasteiger partial charge in [-0.05, 0) is 20.8 Å². The molecule has 0 aliphatic carbocycles. The molecule has 0 fully saturated rings. The Kier molecular flexibility index (Phi) is 5.88. The zero-order chi connectivity index (χ0) is 15.9. The van der Waals surface area contributed by atoms with Gasteiger partial charge in [-0.1, -0.05) is 5.16 Å². The lowest BCUT2D eigenvalue weighted by Gasteiger charge is -2.10. The fraction of sp³-hybridized carbons (Fsp3) is 0.571. The summed E-state index contributed by atoms with van der Waals surface area (Å²) < 4.78 is 5.06. The minimum absolute atomic E-state index is 0.634. The summed E-state index contributed by atoms with van der Waals surface area (Å²) in [5.74, 6) is 2.06.